The summed E-state index contributed by atoms with van der Waals surface area (Å²) in [5.74, 6) is 0.767. The lowest BCUT2D eigenvalue weighted by atomic mass is 10.1. The van der Waals surface area contributed by atoms with E-state index in [9.17, 15) is 4.39 Å². The first-order valence-electron chi connectivity index (χ1n) is 8.82. The number of nitrogens with two attached hydrogens (primary N) is 1. The Morgan fingerprint density at radius 3 is 2.74 bits per heavy atom. The van der Waals surface area contributed by atoms with Gasteiger partial charge in [0.15, 0.2) is 5.69 Å². The van der Waals surface area contributed by atoms with Crippen LogP contribution in [0.4, 0.5) is 16.0 Å². The summed E-state index contributed by atoms with van der Waals surface area (Å²) in [6.07, 6.45) is -0.583. The van der Waals surface area contributed by atoms with Crippen LogP contribution >= 0.6 is 11.6 Å². The molecule has 0 spiro atoms. The molecule has 2 atom stereocenters. The van der Waals surface area contributed by atoms with E-state index < -0.39 is 12.2 Å². The number of hydrogen-bond donors (Lipinski definition) is 1. The van der Waals surface area contributed by atoms with Gasteiger partial charge in [-0.05, 0) is 30.2 Å². The number of rotatable bonds is 3. The van der Waals surface area contributed by atoms with Crippen molar-refractivity contribution in [2.24, 2.45) is 5.73 Å². The molecular formula is C20H19ClFN5. The van der Waals surface area contributed by atoms with Crippen molar-refractivity contribution in [3.05, 3.63) is 64.5 Å². The van der Waals surface area contributed by atoms with E-state index in [0.717, 1.165) is 22.5 Å². The van der Waals surface area contributed by atoms with Crippen LogP contribution in [-0.4, -0.2) is 34.9 Å². The van der Waals surface area contributed by atoms with E-state index in [2.05, 4.69) is 9.41 Å². The van der Waals surface area contributed by atoms with Gasteiger partial charge in [0.2, 0.25) is 5.95 Å². The van der Waals surface area contributed by atoms with Crippen LogP contribution in [-0.2, 0) is 6.54 Å². The van der Waals surface area contributed by atoms with Crippen LogP contribution in [0.2, 0.25) is 5.02 Å². The van der Waals surface area contributed by atoms with Gasteiger partial charge >= 0.3 is 0 Å². The Morgan fingerprint density at radius 1 is 1.26 bits per heavy atom. The maximum absolute atomic E-state index is 13.8. The Balaban J connectivity index is 1.76. The zero-order valence-electron chi connectivity index (χ0n) is 14.6. The smallest absolute Gasteiger partial charge is 0.206 e. The van der Waals surface area contributed by atoms with Crippen molar-refractivity contribution in [2.45, 2.75) is 25.2 Å². The number of benzene rings is 2. The molecule has 0 radical (unpaired) electrons. The van der Waals surface area contributed by atoms with E-state index in [0.29, 0.717) is 36.8 Å². The van der Waals surface area contributed by atoms with Crippen molar-refractivity contribution >= 4 is 34.3 Å². The molecule has 1 aliphatic rings. The quantitative estimate of drug-likeness (QED) is 0.691. The standard InChI is InChI=1S/C20H19ClFN5/c1-24-15-5-2-13(3-6-15)11-27-19-10-14(21)4-7-18(19)25-20(27)26-9-8-16(22)17(23)12-26/h2-7,10,16-17H,8-9,11-12,23H2/t16-,17-/m1/s1. The maximum Gasteiger partial charge on any atom is 0.206 e. The third kappa shape index (κ3) is 3.48. The largest absolute Gasteiger partial charge is 0.340 e. The SMILES string of the molecule is [C-]#[N+]c1ccc(Cn2c(N3CC[C@@H](F)[C@H](N)C3)nc3ccc(Cl)cc32)cc1. The molecule has 1 fully saturated rings. The van der Waals surface area contributed by atoms with Gasteiger partial charge < -0.3 is 15.2 Å². The minimum atomic E-state index is -0.977. The minimum Gasteiger partial charge on any atom is -0.340 e. The molecule has 0 amide bonds. The summed E-state index contributed by atoms with van der Waals surface area (Å²) in [4.78, 5) is 10.2. The lowest BCUT2D eigenvalue weighted by Gasteiger charge is -2.34. The second kappa shape index (κ2) is 7.18. The molecule has 1 aliphatic heterocycles. The van der Waals surface area contributed by atoms with E-state index in [1.54, 1.807) is 12.1 Å². The molecule has 0 unspecified atom stereocenters. The fourth-order valence-electron chi connectivity index (χ4n) is 3.47. The normalized spacial score (nSPS) is 20.0. The Hall–Kier alpha value is -2.62. The second-order valence-electron chi connectivity index (χ2n) is 6.82. The number of imidazole rings is 1. The highest BCUT2D eigenvalue weighted by atomic mass is 35.5. The maximum atomic E-state index is 13.8. The summed E-state index contributed by atoms with van der Waals surface area (Å²) in [5, 5.41) is 0.637. The summed E-state index contributed by atoms with van der Waals surface area (Å²) in [6, 6.07) is 12.6. The molecule has 2 aromatic carbocycles. The molecule has 2 N–H and O–H groups in total. The van der Waals surface area contributed by atoms with Crippen LogP contribution in [0, 0.1) is 6.57 Å². The summed E-state index contributed by atoms with van der Waals surface area (Å²) < 4.78 is 15.9. The van der Waals surface area contributed by atoms with Crippen LogP contribution in [0.25, 0.3) is 15.9 Å². The number of anilines is 1. The number of fused-ring (bicyclic) bond motifs is 1. The summed E-state index contributed by atoms with van der Waals surface area (Å²) in [6.45, 7) is 8.67. The predicted molar refractivity (Wildman–Crippen MR) is 106 cm³/mol. The molecule has 4 rings (SSSR count). The van der Waals surface area contributed by atoms with Gasteiger partial charge in [-0.25, -0.2) is 14.2 Å². The fraction of sp³-hybridized carbons (Fsp3) is 0.300. The number of nitrogens with zero attached hydrogens (tertiary/aromatic N) is 4. The van der Waals surface area contributed by atoms with Crippen molar-refractivity contribution in [3.8, 4) is 0 Å². The first kappa shape index (κ1) is 17.8. The fourth-order valence-corrected chi connectivity index (χ4v) is 3.64. The zero-order chi connectivity index (χ0) is 19.0. The van der Waals surface area contributed by atoms with Crippen LogP contribution in [0.3, 0.4) is 0 Å². The van der Waals surface area contributed by atoms with Crippen molar-refractivity contribution in [1.29, 1.82) is 0 Å². The molecule has 7 heteroatoms. The van der Waals surface area contributed by atoms with Crippen LogP contribution < -0.4 is 10.6 Å². The van der Waals surface area contributed by atoms with Crippen molar-refractivity contribution in [1.82, 2.24) is 9.55 Å². The first-order valence-corrected chi connectivity index (χ1v) is 9.20. The second-order valence-corrected chi connectivity index (χ2v) is 7.26. The van der Waals surface area contributed by atoms with E-state index in [4.69, 9.17) is 28.9 Å². The number of halogens is 2. The van der Waals surface area contributed by atoms with E-state index in [1.165, 1.54) is 0 Å². The minimum absolute atomic E-state index is 0.394. The van der Waals surface area contributed by atoms with E-state index in [1.807, 2.05) is 35.2 Å². The number of hydrogen-bond acceptors (Lipinski definition) is 3. The Bertz CT molecular complexity index is 1010. The van der Waals surface area contributed by atoms with Gasteiger partial charge in [0, 0.05) is 18.1 Å². The Morgan fingerprint density at radius 2 is 2.04 bits per heavy atom. The van der Waals surface area contributed by atoms with Gasteiger partial charge in [-0.1, -0.05) is 35.9 Å². The lowest BCUT2D eigenvalue weighted by molar-refractivity contribution is 0.243. The molecular weight excluding hydrogens is 365 g/mol. The van der Waals surface area contributed by atoms with Gasteiger partial charge in [0.25, 0.3) is 0 Å². The Labute approximate surface area is 162 Å². The van der Waals surface area contributed by atoms with Crippen molar-refractivity contribution in [2.75, 3.05) is 18.0 Å². The van der Waals surface area contributed by atoms with Crippen molar-refractivity contribution in [3.63, 3.8) is 0 Å². The lowest BCUT2D eigenvalue weighted by Crippen LogP contribution is -2.50. The van der Waals surface area contributed by atoms with Gasteiger partial charge in [0.05, 0.1) is 30.2 Å². The van der Waals surface area contributed by atoms with E-state index >= 15 is 0 Å². The Kier molecular flexibility index (Phi) is 4.73. The van der Waals surface area contributed by atoms with Crippen molar-refractivity contribution < 1.29 is 4.39 Å². The molecule has 1 saturated heterocycles. The topological polar surface area (TPSA) is 51.4 Å². The van der Waals surface area contributed by atoms with Crippen LogP contribution in [0.15, 0.2) is 42.5 Å². The van der Waals surface area contributed by atoms with Gasteiger partial charge in [-0.2, -0.15) is 0 Å². The van der Waals surface area contributed by atoms with E-state index in [-0.39, 0.29) is 0 Å². The predicted octanol–water partition coefficient (Wildman–Crippen LogP) is 4.16. The first-order chi connectivity index (χ1) is 13.0. The molecule has 2 heterocycles. The summed E-state index contributed by atoms with van der Waals surface area (Å²) in [7, 11) is 0. The molecule has 138 valence electrons. The third-order valence-electron chi connectivity index (χ3n) is 4.95. The molecule has 3 aromatic rings. The highest BCUT2D eigenvalue weighted by Crippen LogP contribution is 2.29. The van der Waals surface area contributed by atoms with Crippen LogP contribution in [0.1, 0.15) is 12.0 Å². The number of piperidine rings is 1. The molecule has 1 aromatic heterocycles. The highest BCUT2D eigenvalue weighted by Gasteiger charge is 2.29. The highest BCUT2D eigenvalue weighted by molar-refractivity contribution is 6.31. The molecule has 0 aliphatic carbocycles. The summed E-state index contributed by atoms with van der Waals surface area (Å²) in [5.41, 5.74) is 9.37. The number of aromatic nitrogens is 2. The number of alkyl halides is 1. The molecule has 0 bridgehead atoms. The zero-order valence-corrected chi connectivity index (χ0v) is 15.4. The van der Waals surface area contributed by atoms with Gasteiger partial charge in [-0.3, -0.25) is 0 Å². The molecule has 5 nitrogen and oxygen atoms in total. The van der Waals surface area contributed by atoms with Gasteiger partial charge in [0.1, 0.15) is 6.17 Å². The third-order valence-corrected chi connectivity index (χ3v) is 5.18. The molecule has 27 heavy (non-hydrogen) atoms. The summed E-state index contributed by atoms with van der Waals surface area (Å²) >= 11 is 6.21. The monoisotopic (exact) mass is 383 g/mol. The van der Waals surface area contributed by atoms with Crippen LogP contribution in [0.5, 0.6) is 0 Å². The average Bonchev–Trinajstić information content (AvgIpc) is 3.02. The average molecular weight is 384 g/mol. The molecule has 0 saturated carbocycles. The van der Waals surface area contributed by atoms with Gasteiger partial charge in [-0.15, -0.1) is 0 Å².